The Bertz CT molecular complexity index is 895. The Kier molecular flexibility index (Phi) is 14.4. The summed E-state index contributed by atoms with van der Waals surface area (Å²) in [5.41, 5.74) is 2.45. The van der Waals surface area contributed by atoms with E-state index in [0.717, 1.165) is 37.9 Å². The molecule has 1 unspecified atom stereocenters. The van der Waals surface area contributed by atoms with E-state index in [1.807, 2.05) is 11.0 Å². The highest BCUT2D eigenvalue weighted by Gasteiger charge is 2.21. The second kappa shape index (κ2) is 17.3. The Labute approximate surface area is 220 Å². The van der Waals surface area contributed by atoms with Crippen molar-refractivity contribution in [2.24, 2.45) is 0 Å². The lowest BCUT2D eigenvalue weighted by Gasteiger charge is -2.15. The number of esters is 1. The van der Waals surface area contributed by atoms with Crippen molar-refractivity contribution in [1.29, 1.82) is 0 Å². The highest BCUT2D eigenvalue weighted by atomic mass is 32.1. The van der Waals surface area contributed by atoms with Gasteiger partial charge in [-0.15, -0.1) is 11.3 Å². The number of benzene rings is 1. The third-order valence-electron chi connectivity index (χ3n) is 6.13. The van der Waals surface area contributed by atoms with Gasteiger partial charge in [0.2, 0.25) is 5.91 Å². The second-order valence-corrected chi connectivity index (χ2v) is 10.4. The smallest absolute Gasteiger partial charge is 0.348 e. The largest absolute Gasteiger partial charge is 0.462 e. The van der Waals surface area contributed by atoms with Crippen LogP contribution in [0.2, 0.25) is 0 Å². The van der Waals surface area contributed by atoms with Crippen LogP contribution in [0.15, 0.2) is 36.4 Å². The van der Waals surface area contributed by atoms with Crippen molar-refractivity contribution in [3.05, 3.63) is 51.7 Å². The van der Waals surface area contributed by atoms with Crippen LogP contribution in [0, 0.1) is 0 Å². The van der Waals surface area contributed by atoms with Gasteiger partial charge in [-0.05, 0) is 68.4 Å². The number of rotatable bonds is 14. The maximum atomic E-state index is 11.7. The summed E-state index contributed by atoms with van der Waals surface area (Å²) < 4.78 is 5.09. The molecule has 1 aliphatic heterocycles. The average Bonchev–Trinajstić information content (AvgIpc) is 3.54. The lowest BCUT2D eigenvalue weighted by molar-refractivity contribution is -0.117. The molecule has 36 heavy (non-hydrogen) atoms. The van der Waals surface area contributed by atoms with E-state index in [1.165, 1.54) is 47.5 Å². The summed E-state index contributed by atoms with van der Waals surface area (Å²) in [7, 11) is 0. The summed E-state index contributed by atoms with van der Waals surface area (Å²) in [6, 6.07) is 12.3. The number of aryl methyl sites for hydroxylation is 2. The fourth-order valence-electron chi connectivity index (χ4n) is 4.03. The van der Waals surface area contributed by atoms with Gasteiger partial charge in [-0.25, -0.2) is 4.79 Å². The zero-order valence-corrected chi connectivity index (χ0v) is 22.7. The summed E-state index contributed by atoms with van der Waals surface area (Å²) in [5, 5.41) is 17.7. The first-order valence-corrected chi connectivity index (χ1v) is 14.2. The number of aliphatic hydroxyl groups excluding tert-OH is 2. The molecule has 3 rings (SSSR count). The van der Waals surface area contributed by atoms with Crippen molar-refractivity contribution in [1.82, 2.24) is 0 Å². The van der Waals surface area contributed by atoms with Crippen molar-refractivity contribution < 1.29 is 24.5 Å². The van der Waals surface area contributed by atoms with Crippen LogP contribution in [0.25, 0.3) is 0 Å². The molecule has 0 radical (unpaired) electrons. The first-order valence-electron chi connectivity index (χ1n) is 13.4. The molecule has 1 saturated heterocycles. The third-order valence-corrected chi connectivity index (χ3v) is 7.25. The number of aliphatic hydroxyl groups is 2. The molecule has 7 heteroatoms. The van der Waals surface area contributed by atoms with E-state index in [1.54, 1.807) is 6.07 Å². The monoisotopic (exact) mass is 517 g/mol. The van der Waals surface area contributed by atoms with Gasteiger partial charge < -0.3 is 19.8 Å². The van der Waals surface area contributed by atoms with E-state index in [2.05, 4.69) is 38.1 Å². The molecule has 1 aliphatic rings. The quantitative estimate of drug-likeness (QED) is 0.240. The Balaban J connectivity index is 0.000000254. The first-order chi connectivity index (χ1) is 17.5. The summed E-state index contributed by atoms with van der Waals surface area (Å²) in [4.78, 5) is 27.0. The Morgan fingerprint density at radius 3 is 2.44 bits per heavy atom. The summed E-state index contributed by atoms with van der Waals surface area (Å²) >= 11 is 1.47. The number of hydrogen-bond acceptors (Lipinski definition) is 6. The van der Waals surface area contributed by atoms with Crippen LogP contribution < -0.4 is 4.90 Å². The average molecular weight is 518 g/mol. The Morgan fingerprint density at radius 1 is 1.03 bits per heavy atom. The van der Waals surface area contributed by atoms with E-state index >= 15 is 0 Å². The van der Waals surface area contributed by atoms with E-state index in [-0.39, 0.29) is 25.1 Å². The van der Waals surface area contributed by atoms with Crippen LogP contribution in [0.5, 0.6) is 0 Å². The van der Waals surface area contributed by atoms with Crippen LogP contribution in [-0.4, -0.2) is 48.0 Å². The molecular weight excluding hydrogens is 474 g/mol. The number of carbonyl (C=O) groups excluding carboxylic acids is 2. The van der Waals surface area contributed by atoms with Crippen LogP contribution in [-0.2, 0) is 22.4 Å². The molecule has 2 aromatic rings. The molecule has 1 aromatic carbocycles. The molecule has 0 aliphatic carbocycles. The number of nitrogens with zero attached hydrogens (tertiary/aromatic N) is 1. The number of anilines is 1. The highest BCUT2D eigenvalue weighted by molar-refractivity contribution is 7.13. The third kappa shape index (κ3) is 10.8. The molecule has 0 spiro atoms. The lowest BCUT2D eigenvalue weighted by atomic mass is 10.1. The summed E-state index contributed by atoms with van der Waals surface area (Å²) in [6.45, 7) is 5.25. The molecule has 1 aromatic heterocycles. The van der Waals surface area contributed by atoms with E-state index in [9.17, 15) is 9.59 Å². The van der Waals surface area contributed by atoms with E-state index in [4.69, 9.17) is 14.9 Å². The molecule has 2 heterocycles. The van der Waals surface area contributed by atoms with Gasteiger partial charge in [-0.3, -0.25) is 4.79 Å². The van der Waals surface area contributed by atoms with Crippen LogP contribution in [0.4, 0.5) is 5.69 Å². The molecule has 1 fully saturated rings. The van der Waals surface area contributed by atoms with Crippen LogP contribution >= 0.6 is 11.3 Å². The first kappa shape index (κ1) is 30.0. The number of hydrogen-bond donors (Lipinski definition) is 2. The SMILES string of the molecule is CCCCCCc1ccc(N2CCCC2=O)cc1.CCCc1ccc(C(=O)OCCCC(O)CO)s1. The molecule has 6 nitrogen and oxygen atoms in total. The van der Waals surface area contributed by atoms with Crippen molar-refractivity contribution in [2.75, 3.05) is 24.7 Å². The summed E-state index contributed by atoms with van der Waals surface area (Å²) in [5.74, 6) is -0.0356. The van der Waals surface area contributed by atoms with Gasteiger partial charge in [-0.1, -0.05) is 51.7 Å². The van der Waals surface area contributed by atoms with Gasteiger partial charge in [0.05, 0.1) is 19.3 Å². The molecule has 0 bridgehead atoms. The number of carbonyl (C=O) groups is 2. The maximum absolute atomic E-state index is 11.7. The standard InChI is InChI=1S/C16H23NO.C13H20O4S/c1-2-3-4-5-7-14-9-11-15(12-10-14)17-13-6-8-16(17)18;1-2-4-11-6-7-12(18-11)13(16)17-8-3-5-10(15)9-14/h9-12H,2-8,13H2,1H3;6-7,10,14-15H,2-5,8-9H2,1H3. The minimum Gasteiger partial charge on any atom is -0.462 e. The zero-order valence-electron chi connectivity index (χ0n) is 21.9. The fraction of sp³-hybridized carbons (Fsp3) is 0.586. The van der Waals surface area contributed by atoms with Crippen molar-refractivity contribution in [3.8, 4) is 0 Å². The van der Waals surface area contributed by atoms with E-state index in [0.29, 0.717) is 24.1 Å². The van der Waals surface area contributed by atoms with Crippen LogP contribution in [0.3, 0.4) is 0 Å². The van der Waals surface area contributed by atoms with Gasteiger partial charge in [0, 0.05) is 23.5 Å². The summed E-state index contributed by atoms with van der Waals surface area (Å²) in [6.07, 6.45) is 10.4. The fourth-order valence-corrected chi connectivity index (χ4v) is 5.04. The molecule has 0 saturated carbocycles. The van der Waals surface area contributed by atoms with E-state index < -0.39 is 6.10 Å². The van der Waals surface area contributed by atoms with Crippen LogP contribution in [0.1, 0.15) is 91.7 Å². The van der Waals surface area contributed by atoms with Gasteiger partial charge in [0.25, 0.3) is 0 Å². The number of amides is 1. The zero-order chi connectivity index (χ0) is 26.2. The predicted octanol–water partition coefficient (Wildman–Crippen LogP) is 5.93. The van der Waals surface area contributed by atoms with Gasteiger partial charge in [0.1, 0.15) is 4.88 Å². The van der Waals surface area contributed by atoms with Gasteiger partial charge >= 0.3 is 5.97 Å². The molecule has 2 N–H and O–H groups in total. The van der Waals surface area contributed by atoms with Crippen molar-refractivity contribution in [3.63, 3.8) is 0 Å². The Hall–Kier alpha value is -2.22. The minimum absolute atomic E-state index is 0.251. The normalized spacial score (nSPS) is 13.9. The van der Waals surface area contributed by atoms with Crippen molar-refractivity contribution in [2.45, 2.75) is 90.6 Å². The molecular formula is C29H43NO5S. The minimum atomic E-state index is -0.721. The number of unbranched alkanes of at least 4 members (excludes halogenated alkanes) is 3. The Morgan fingerprint density at radius 2 is 1.81 bits per heavy atom. The maximum Gasteiger partial charge on any atom is 0.348 e. The molecule has 200 valence electrons. The van der Waals surface area contributed by atoms with Gasteiger partial charge in [0.15, 0.2) is 0 Å². The lowest BCUT2D eigenvalue weighted by Crippen LogP contribution is -2.23. The predicted molar refractivity (Wildman–Crippen MR) is 147 cm³/mol. The number of ether oxygens (including phenoxy) is 1. The van der Waals surface area contributed by atoms with Crippen molar-refractivity contribution >= 4 is 28.9 Å². The highest BCUT2D eigenvalue weighted by Crippen LogP contribution is 2.22. The van der Waals surface area contributed by atoms with Gasteiger partial charge in [-0.2, -0.15) is 0 Å². The second-order valence-electron chi connectivity index (χ2n) is 9.26. The molecule has 1 amide bonds. The molecule has 1 atom stereocenters. The number of thiophene rings is 1. The topological polar surface area (TPSA) is 87.1 Å².